The maximum Gasteiger partial charge on any atom is 0.254 e. The van der Waals surface area contributed by atoms with Gasteiger partial charge in [0.15, 0.2) is 0 Å². The van der Waals surface area contributed by atoms with Crippen molar-refractivity contribution in [3.63, 3.8) is 0 Å². The van der Waals surface area contributed by atoms with Crippen LogP contribution in [0.3, 0.4) is 0 Å². The summed E-state index contributed by atoms with van der Waals surface area (Å²) in [4.78, 5) is 16.0. The van der Waals surface area contributed by atoms with E-state index in [1.807, 2.05) is 4.90 Å². The molecular formula is C19H20F2N2O2. The topological polar surface area (TPSA) is 43.8 Å². The van der Waals surface area contributed by atoms with Crippen molar-refractivity contribution in [1.29, 1.82) is 0 Å². The van der Waals surface area contributed by atoms with E-state index in [9.17, 15) is 18.7 Å². The number of hydrogen-bond acceptors (Lipinski definition) is 3. The van der Waals surface area contributed by atoms with Gasteiger partial charge in [-0.1, -0.05) is 24.3 Å². The molecule has 25 heavy (non-hydrogen) atoms. The summed E-state index contributed by atoms with van der Waals surface area (Å²) < 4.78 is 27.0. The van der Waals surface area contributed by atoms with Crippen LogP contribution in [0.15, 0.2) is 48.5 Å². The van der Waals surface area contributed by atoms with Crippen molar-refractivity contribution in [1.82, 2.24) is 9.80 Å². The Morgan fingerprint density at radius 3 is 2.44 bits per heavy atom. The van der Waals surface area contributed by atoms with Crippen LogP contribution in [0.2, 0.25) is 0 Å². The monoisotopic (exact) mass is 346 g/mol. The molecule has 1 unspecified atom stereocenters. The number of carbonyl (C=O) groups is 1. The first-order chi connectivity index (χ1) is 12.0. The van der Waals surface area contributed by atoms with E-state index in [0.717, 1.165) is 0 Å². The summed E-state index contributed by atoms with van der Waals surface area (Å²) in [5, 5.41) is 10.2. The molecule has 6 heteroatoms. The minimum Gasteiger partial charge on any atom is -0.387 e. The average molecular weight is 346 g/mol. The van der Waals surface area contributed by atoms with E-state index in [0.29, 0.717) is 38.3 Å². The number of aliphatic hydroxyl groups excluding tert-OH is 1. The van der Waals surface area contributed by atoms with Crippen LogP contribution in [0.25, 0.3) is 0 Å². The number of halogens is 2. The Morgan fingerprint density at radius 1 is 1.04 bits per heavy atom. The molecule has 0 spiro atoms. The molecule has 4 nitrogen and oxygen atoms in total. The molecule has 0 aromatic heterocycles. The third-order valence-corrected chi connectivity index (χ3v) is 4.43. The fourth-order valence-corrected chi connectivity index (χ4v) is 3.03. The fourth-order valence-electron chi connectivity index (χ4n) is 3.03. The normalized spacial score (nSPS) is 16.7. The first kappa shape index (κ1) is 17.5. The molecule has 132 valence electrons. The van der Waals surface area contributed by atoms with Crippen LogP contribution in [-0.2, 0) is 0 Å². The van der Waals surface area contributed by atoms with E-state index in [1.165, 1.54) is 24.3 Å². The van der Waals surface area contributed by atoms with Gasteiger partial charge in [-0.2, -0.15) is 0 Å². The van der Waals surface area contributed by atoms with Crippen molar-refractivity contribution < 1.29 is 18.7 Å². The largest absolute Gasteiger partial charge is 0.387 e. The number of carbonyl (C=O) groups excluding carboxylic acids is 1. The van der Waals surface area contributed by atoms with E-state index in [-0.39, 0.29) is 11.5 Å². The van der Waals surface area contributed by atoms with Crippen LogP contribution in [0.1, 0.15) is 22.0 Å². The van der Waals surface area contributed by atoms with Crippen LogP contribution < -0.4 is 0 Å². The van der Waals surface area contributed by atoms with Crippen molar-refractivity contribution in [2.24, 2.45) is 0 Å². The second-order valence-corrected chi connectivity index (χ2v) is 6.14. The highest BCUT2D eigenvalue weighted by molar-refractivity contribution is 5.94. The van der Waals surface area contributed by atoms with E-state index in [1.54, 1.807) is 29.2 Å². The van der Waals surface area contributed by atoms with Crippen LogP contribution in [0.4, 0.5) is 8.78 Å². The molecular weight excluding hydrogens is 326 g/mol. The van der Waals surface area contributed by atoms with E-state index < -0.39 is 17.7 Å². The average Bonchev–Trinajstić information content (AvgIpc) is 2.62. The number of nitrogens with zero attached hydrogens (tertiary/aromatic N) is 2. The lowest BCUT2D eigenvalue weighted by Gasteiger charge is -2.35. The zero-order chi connectivity index (χ0) is 17.8. The minimum absolute atomic E-state index is 0.200. The number of rotatable bonds is 4. The van der Waals surface area contributed by atoms with Gasteiger partial charge in [-0.15, -0.1) is 0 Å². The summed E-state index contributed by atoms with van der Waals surface area (Å²) in [6, 6.07) is 11.8. The SMILES string of the molecule is O=C(c1cccc(F)c1)N1CCN(CC(O)c2ccccc2F)CC1. The summed E-state index contributed by atoms with van der Waals surface area (Å²) >= 11 is 0. The Balaban J connectivity index is 1.55. The van der Waals surface area contributed by atoms with Crippen LogP contribution in [0.5, 0.6) is 0 Å². The quantitative estimate of drug-likeness (QED) is 0.925. The lowest BCUT2D eigenvalue weighted by molar-refractivity contribution is 0.0522. The highest BCUT2D eigenvalue weighted by Gasteiger charge is 2.24. The van der Waals surface area contributed by atoms with Gasteiger partial charge in [-0.3, -0.25) is 9.69 Å². The standard InChI is InChI=1S/C19H20F2N2O2/c20-15-5-3-4-14(12-15)19(25)23-10-8-22(9-11-23)13-18(24)16-6-1-2-7-17(16)21/h1-7,12,18,24H,8-11,13H2. The first-order valence-electron chi connectivity index (χ1n) is 8.24. The van der Waals surface area contributed by atoms with Gasteiger partial charge in [0.2, 0.25) is 0 Å². The third-order valence-electron chi connectivity index (χ3n) is 4.43. The predicted molar refractivity (Wildman–Crippen MR) is 90.1 cm³/mol. The number of β-amino-alcohol motifs (C(OH)–C–C–N with tert-alkyl or cyclic N) is 1. The van der Waals surface area contributed by atoms with Crippen molar-refractivity contribution >= 4 is 5.91 Å². The van der Waals surface area contributed by atoms with Gasteiger partial charge in [-0.25, -0.2) is 8.78 Å². The molecule has 1 N–H and O–H groups in total. The van der Waals surface area contributed by atoms with Gasteiger partial charge < -0.3 is 10.0 Å². The molecule has 3 rings (SSSR count). The Labute approximate surface area is 145 Å². The Kier molecular flexibility index (Phi) is 5.40. The van der Waals surface area contributed by atoms with Crippen LogP contribution in [0, 0.1) is 11.6 Å². The molecule has 1 aliphatic heterocycles. The maximum atomic E-state index is 13.7. The first-order valence-corrected chi connectivity index (χ1v) is 8.24. The summed E-state index contributed by atoms with van der Waals surface area (Å²) in [5.41, 5.74) is 0.612. The predicted octanol–water partition coefficient (Wildman–Crippen LogP) is 2.46. The van der Waals surface area contributed by atoms with E-state index >= 15 is 0 Å². The van der Waals surface area contributed by atoms with Crippen molar-refractivity contribution in [2.45, 2.75) is 6.10 Å². The van der Waals surface area contributed by atoms with Crippen molar-refractivity contribution in [3.8, 4) is 0 Å². The Bertz CT molecular complexity index is 746. The highest BCUT2D eigenvalue weighted by Crippen LogP contribution is 2.19. The van der Waals surface area contributed by atoms with Gasteiger partial charge in [0.25, 0.3) is 5.91 Å². The zero-order valence-corrected chi connectivity index (χ0v) is 13.7. The number of piperazine rings is 1. The van der Waals surface area contributed by atoms with Crippen LogP contribution in [-0.4, -0.2) is 53.5 Å². The summed E-state index contributed by atoms with van der Waals surface area (Å²) in [6.45, 7) is 2.43. The summed E-state index contributed by atoms with van der Waals surface area (Å²) in [7, 11) is 0. The lowest BCUT2D eigenvalue weighted by Crippen LogP contribution is -2.49. The second-order valence-electron chi connectivity index (χ2n) is 6.14. The highest BCUT2D eigenvalue weighted by atomic mass is 19.1. The molecule has 2 aromatic carbocycles. The van der Waals surface area contributed by atoms with Crippen molar-refractivity contribution in [3.05, 3.63) is 71.3 Å². The van der Waals surface area contributed by atoms with Crippen molar-refractivity contribution in [2.75, 3.05) is 32.7 Å². The maximum absolute atomic E-state index is 13.7. The molecule has 1 amide bonds. The van der Waals surface area contributed by atoms with Gasteiger partial charge in [0.05, 0.1) is 6.10 Å². The third kappa shape index (κ3) is 4.21. The Hall–Kier alpha value is -2.31. The number of benzene rings is 2. The fraction of sp³-hybridized carbons (Fsp3) is 0.316. The summed E-state index contributed by atoms with van der Waals surface area (Å²) in [6.07, 6.45) is -0.910. The summed E-state index contributed by atoms with van der Waals surface area (Å²) in [5.74, 6) is -1.05. The number of hydrogen-bond donors (Lipinski definition) is 1. The van der Waals surface area contributed by atoms with Gasteiger partial charge in [-0.05, 0) is 24.3 Å². The second kappa shape index (κ2) is 7.72. The smallest absolute Gasteiger partial charge is 0.254 e. The molecule has 0 aliphatic carbocycles. The van der Waals surface area contributed by atoms with E-state index in [4.69, 9.17) is 0 Å². The van der Waals surface area contributed by atoms with Gasteiger partial charge in [0.1, 0.15) is 11.6 Å². The molecule has 0 bridgehead atoms. The zero-order valence-electron chi connectivity index (χ0n) is 13.7. The van der Waals surface area contributed by atoms with Crippen LogP contribution >= 0.6 is 0 Å². The Morgan fingerprint density at radius 2 is 1.76 bits per heavy atom. The molecule has 1 aliphatic rings. The molecule has 0 radical (unpaired) electrons. The molecule has 1 saturated heterocycles. The number of amides is 1. The lowest BCUT2D eigenvalue weighted by atomic mass is 10.1. The molecule has 1 fully saturated rings. The van der Waals surface area contributed by atoms with E-state index in [2.05, 4.69) is 0 Å². The molecule has 0 saturated carbocycles. The molecule has 1 heterocycles. The van der Waals surface area contributed by atoms with Gasteiger partial charge in [0, 0.05) is 43.9 Å². The molecule has 1 atom stereocenters. The number of aliphatic hydroxyl groups is 1. The van der Waals surface area contributed by atoms with Gasteiger partial charge >= 0.3 is 0 Å². The molecule has 2 aromatic rings. The minimum atomic E-state index is -0.910.